The standard InChI is InChI=1S/C14H13NO/c1-15-14(16)10-9-12-7-4-6-11-5-2-3-8-13(11)12/h2-10H,1H3,(H,15,16). The third kappa shape index (κ3) is 2.11. The molecule has 1 amide bonds. The molecular formula is C14H13NO. The Labute approximate surface area is 94.6 Å². The minimum absolute atomic E-state index is 0.0899. The molecular weight excluding hydrogens is 198 g/mol. The van der Waals surface area contributed by atoms with Crippen molar-refractivity contribution < 1.29 is 4.79 Å². The van der Waals surface area contributed by atoms with E-state index in [0.717, 1.165) is 10.9 Å². The van der Waals surface area contributed by atoms with Crippen LogP contribution in [-0.4, -0.2) is 13.0 Å². The molecule has 0 fully saturated rings. The summed E-state index contributed by atoms with van der Waals surface area (Å²) in [6, 6.07) is 14.2. The number of carbonyl (C=O) groups is 1. The van der Waals surface area contributed by atoms with E-state index in [0.29, 0.717) is 0 Å². The minimum atomic E-state index is -0.0899. The number of hydrogen-bond donors (Lipinski definition) is 1. The smallest absolute Gasteiger partial charge is 0.243 e. The van der Waals surface area contributed by atoms with Crippen LogP contribution >= 0.6 is 0 Å². The number of benzene rings is 2. The minimum Gasteiger partial charge on any atom is -0.356 e. The summed E-state index contributed by atoms with van der Waals surface area (Å²) in [5.41, 5.74) is 1.06. The topological polar surface area (TPSA) is 29.1 Å². The lowest BCUT2D eigenvalue weighted by Crippen LogP contribution is -2.13. The largest absolute Gasteiger partial charge is 0.356 e. The van der Waals surface area contributed by atoms with Gasteiger partial charge in [-0.2, -0.15) is 0 Å². The first kappa shape index (κ1) is 10.4. The van der Waals surface area contributed by atoms with Crippen molar-refractivity contribution in [1.29, 1.82) is 0 Å². The average molecular weight is 211 g/mol. The van der Waals surface area contributed by atoms with E-state index in [9.17, 15) is 4.79 Å². The van der Waals surface area contributed by atoms with Crippen LogP contribution < -0.4 is 5.32 Å². The molecule has 2 nitrogen and oxygen atoms in total. The molecule has 0 atom stereocenters. The highest BCUT2D eigenvalue weighted by Gasteiger charge is 1.96. The maximum absolute atomic E-state index is 11.1. The quantitative estimate of drug-likeness (QED) is 0.760. The molecule has 16 heavy (non-hydrogen) atoms. The zero-order valence-electron chi connectivity index (χ0n) is 9.10. The van der Waals surface area contributed by atoms with Gasteiger partial charge in [0.05, 0.1) is 0 Å². The van der Waals surface area contributed by atoms with Gasteiger partial charge in [0.15, 0.2) is 0 Å². The van der Waals surface area contributed by atoms with E-state index in [-0.39, 0.29) is 5.91 Å². The lowest BCUT2D eigenvalue weighted by atomic mass is 10.0. The number of rotatable bonds is 2. The van der Waals surface area contributed by atoms with E-state index in [1.807, 2.05) is 30.3 Å². The fourth-order valence-electron chi connectivity index (χ4n) is 1.64. The Kier molecular flexibility index (Phi) is 3.01. The Bertz CT molecular complexity index is 538. The van der Waals surface area contributed by atoms with E-state index < -0.39 is 0 Å². The summed E-state index contributed by atoms with van der Waals surface area (Å²) in [7, 11) is 1.62. The van der Waals surface area contributed by atoms with Gasteiger partial charge in [-0.1, -0.05) is 42.5 Å². The van der Waals surface area contributed by atoms with Gasteiger partial charge in [0.2, 0.25) is 5.91 Å². The van der Waals surface area contributed by atoms with E-state index in [1.54, 1.807) is 13.1 Å². The highest BCUT2D eigenvalue weighted by atomic mass is 16.1. The molecule has 0 aliphatic heterocycles. The van der Waals surface area contributed by atoms with Crippen molar-refractivity contribution in [2.75, 3.05) is 7.05 Å². The lowest BCUT2D eigenvalue weighted by molar-refractivity contribution is -0.115. The maximum Gasteiger partial charge on any atom is 0.243 e. The van der Waals surface area contributed by atoms with Crippen LogP contribution in [0.2, 0.25) is 0 Å². The fraction of sp³-hybridized carbons (Fsp3) is 0.0714. The molecule has 2 aromatic carbocycles. The van der Waals surface area contributed by atoms with Gasteiger partial charge in [-0.25, -0.2) is 0 Å². The van der Waals surface area contributed by atoms with Crippen molar-refractivity contribution in [2.24, 2.45) is 0 Å². The molecule has 0 aliphatic carbocycles. The molecule has 0 bridgehead atoms. The first-order valence-corrected chi connectivity index (χ1v) is 5.19. The van der Waals surface area contributed by atoms with Crippen LogP contribution in [0.1, 0.15) is 5.56 Å². The normalized spacial score (nSPS) is 10.8. The van der Waals surface area contributed by atoms with Crippen LogP contribution in [-0.2, 0) is 4.79 Å². The van der Waals surface area contributed by atoms with Crippen LogP contribution in [0.15, 0.2) is 48.5 Å². The Morgan fingerprint density at radius 3 is 2.69 bits per heavy atom. The molecule has 0 unspecified atom stereocenters. The summed E-state index contributed by atoms with van der Waals surface area (Å²) in [6.45, 7) is 0. The first-order valence-electron chi connectivity index (χ1n) is 5.19. The molecule has 2 aromatic rings. The zero-order valence-corrected chi connectivity index (χ0v) is 9.10. The van der Waals surface area contributed by atoms with Crippen molar-refractivity contribution in [3.8, 4) is 0 Å². The molecule has 0 heterocycles. The van der Waals surface area contributed by atoms with Gasteiger partial charge in [-0.05, 0) is 22.4 Å². The van der Waals surface area contributed by atoms with Crippen LogP contribution in [0.4, 0.5) is 0 Å². The van der Waals surface area contributed by atoms with E-state index in [2.05, 4.69) is 23.5 Å². The Balaban J connectivity index is 2.45. The number of fused-ring (bicyclic) bond motifs is 1. The molecule has 2 heteroatoms. The monoisotopic (exact) mass is 211 g/mol. The molecule has 0 saturated heterocycles. The summed E-state index contributed by atoms with van der Waals surface area (Å²) < 4.78 is 0. The van der Waals surface area contributed by atoms with Gasteiger partial charge in [0, 0.05) is 13.1 Å². The third-order valence-corrected chi connectivity index (χ3v) is 2.48. The van der Waals surface area contributed by atoms with Crippen LogP contribution in [0, 0.1) is 0 Å². The predicted molar refractivity (Wildman–Crippen MR) is 67.0 cm³/mol. The van der Waals surface area contributed by atoms with Crippen molar-refractivity contribution in [1.82, 2.24) is 5.32 Å². The number of hydrogen-bond acceptors (Lipinski definition) is 1. The molecule has 1 N–H and O–H groups in total. The Morgan fingerprint density at radius 1 is 1.12 bits per heavy atom. The SMILES string of the molecule is CNC(=O)C=Cc1cccc2ccccc12. The van der Waals surface area contributed by atoms with Crippen LogP contribution in [0.5, 0.6) is 0 Å². The van der Waals surface area contributed by atoms with Crippen molar-refractivity contribution >= 4 is 22.8 Å². The second kappa shape index (κ2) is 4.62. The van der Waals surface area contributed by atoms with Crippen LogP contribution in [0.3, 0.4) is 0 Å². The summed E-state index contributed by atoms with van der Waals surface area (Å²) in [6.07, 6.45) is 3.38. The molecule has 0 spiro atoms. The van der Waals surface area contributed by atoms with Crippen LogP contribution in [0.25, 0.3) is 16.8 Å². The maximum atomic E-state index is 11.1. The summed E-state index contributed by atoms with van der Waals surface area (Å²) in [5, 5.41) is 4.90. The number of amides is 1. The molecule has 80 valence electrons. The number of carbonyl (C=O) groups excluding carboxylic acids is 1. The molecule has 0 saturated carbocycles. The highest BCUT2D eigenvalue weighted by molar-refractivity contribution is 5.96. The van der Waals surface area contributed by atoms with Gasteiger partial charge in [-0.15, -0.1) is 0 Å². The van der Waals surface area contributed by atoms with Gasteiger partial charge in [-0.3, -0.25) is 4.79 Å². The Morgan fingerprint density at radius 2 is 1.88 bits per heavy atom. The zero-order chi connectivity index (χ0) is 11.4. The number of nitrogens with one attached hydrogen (secondary N) is 1. The molecule has 0 radical (unpaired) electrons. The first-order chi connectivity index (χ1) is 7.81. The second-order valence-corrected chi connectivity index (χ2v) is 3.52. The summed E-state index contributed by atoms with van der Waals surface area (Å²) >= 11 is 0. The van der Waals surface area contributed by atoms with Gasteiger partial charge >= 0.3 is 0 Å². The predicted octanol–water partition coefficient (Wildman–Crippen LogP) is 2.60. The fourth-order valence-corrected chi connectivity index (χ4v) is 1.64. The molecule has 0 aliphatic rings. The van der Waals surface area contributed by atoms with Gasteiger partial charge < -0.3 is 5.32 Å². The summed E-state index contributed by atoms with van der Waals surface area (Å²) in [5.74, 6) is -0.0899. The third-order valence-electron chi connectivity index (χ3n) is 2.48. The van der Waals surface area contributed by atoms with E-state index in [1.165, 1.54) is 5.39 Å². The second-order valence-electron chi connectivity index (χ2n) is 3.52. The highest BCUT2D eigenvalue weighted by Crippen LogP contribution is 2.19. The van der Waals surface area contributed by atoms with Crippen molar-refractivity contribution in [3.05, 3.63) is 54.1 Å². The van der Waals surface area contributed by atoms with Crippen molar-refractivity contribution in [3.63, 3.8) is 0 Å². The average Bonchev–Trinajstić information content (AvgIpc) is 2.35. The van der Waals surface area contributed by atoms with Gasteiger partial charge in [0.1, 0.15) is 0 Å². The van der Waals surface area contributed by atoms with Gasteiger partial charge in [0.25, 0.3) is 0 Å². The molecule has 0 aromatic heterocycles. The van der Waals surface area contributed by atoms with Crippen molar-refractivity contribution in [2.45, 2.75) is 0 Å². The number of likely N-dealkylation sites (N-methyl/N-ethyl adjacent to an activating group) is 1. The molecule has 2 rings (SSSR count). The van der Waals surface area contributed by atoms with E-state index in [4.69, 9.17) is 0 Å². The summed E-state index contributed by atoms with van der Waals surface area (Å²) in [4.78, 5) is 11.1. The lowest BCUT2D eigenvalue weighted by Gasteiger charge is -2.01. The Hall–Kier alpha value is -2.09. The van der Waals surface area contributed by atoms with E-state index >= 15 is 0 Å².